The maximum atomic E-state index is 13.5. The van der Waals surface area contributed by atoms with Crippen molar-refractivity contribution in [2.75, 3.05) is 11.9 Å². The van der Waals surface area contributed by atoms with Gasteiger partial charge in [-0.05, 0) is 29.3 Å². The molecule has 0 bridgehead atoms. The first-order chi connectivity index (χ1) is 19.5. The Labute approximate surface area is 230 Å². The van der Waals surface area contributed by atoms with Crippen LogP contribution >= 0.6 is 0 Å². The number of amides is 2. The fourth-order valence-electron chi connectivity index (χ4n) is 5.78. The van der Waals surface area contributed by atoms with Crippen molar-refractivity contribution in [1.29, 1.82) is 0 Å². The molecule has 0 aliphatic carbocycles. The quantitative estimate of drug-likeness (QED) is 0.340. The maximum absolute atomic E-state index is 13.5. The molecule has 2 amide bonds. The third kappa shape index (κ3) is 3.88. The highest BCUT2D eigenvalue weighted by Crippen LogP contribution is 2.37. The molecule has 8 heteroatoms. The number of hydrogen-bond acceptors (Lipinski definition) is 4. The number of para-hydroxylation sites is 1. The van der Waals surface area contributed by atoms with Gasteiger partial charge in [0.05, 0.1) is 23.1 Å². The highest BCUT2D eigenvalue weighted by Gasteiger charge is 2.33. The largest absolute Gasteiger partial charge is 0.437 e. The Morgan fingerprint density at radius 1 is 0.950 bits per heavy atom. The number of hydrogen-bond donors (Lipinski definition) is 1. The van der Waals surface area contributed by atoms with Gasteiger partial charge in [-0.3, -0.25) is 9.59 Å². The number of aromatic nitrogens is 3. The van der Waals surface area contributed by atoms with Crippen molar-refractivity contribution >= 4 is 39.3 Å². The summed E-state index contributed by atoms with van der Waals surface area (Å²) in [5, 5.41) is 5.04. The van der Waals surface area contributed by atoms with Gasteiger partial charge in [-0.15, -0.1) is 0 Å². The highest BCUT2D eigenvalue weighted by molar-refractivity contribution is 6.10. The monoisotopic (exact) mass is 529 g/mol. The summed E-state index contributed by atoms with van der Waals surface area (Å²) in [5.41, 5.74) is 6.07. The minimum Gasteiger partial charge on any atom is -0.437 e. The Morgan fingerprint density at radius 3 is 2.58 bits per heavy atom. The van der Waals surface area contributed by atoms with Crippen molar-refractivity contribution in [2.24, 2.45) is 7.05 Å². The number of nitrogens with one attached hydrogen (secondary N) is 1. The van der Waals surface area contributed by atoms with E-state index in [1.807, 2.05) is 61.6 Å². The lowest BCUT2D eigenvalue weighted by Gasteiger charge is -2.22. The zero-order valence-electron chi connectivity index (χ0n) is 22.2. The van der Waals surface area contributed by atoms with Crippen molar-refractivity contribution in [1.82, 2.24) is 19.4 Å². The van der Waals surface area contributed by atoms with E-state index < -0.39 is 11.9 Å². The lowest BCUT2D eigenvalue weighted by atomic mass is 10.1. The molecule has 1 atom stereocenters. The van der Waals surface area contributed by atoms with Crippen LogP contribution in [0.2, 0.25) is 0 Å². The number of rotatable bonds is 5. The Bertz CT molecular complexity index is 1910. The molecule has 3 aromatic heterocycles. The van der Waals surface area contributed by atoms with E-state index in [1.54, 1.807) is 18.1 Å². The van der Waals surface area contributed by atoms with Gasteiger partial charge in [0.2, 0.25) is 5.91 Å². The van der Waals surface area contributed by atoms with Crippen LogP contribution in [0.3, 0.4) is 0 Å². The van der Waals surface area contributed by atoms with Crippen LogP contribution in [0.4, 0.5) is 5.69 Å². The molecule has 1 aliphatic heterocycles. The molecule has 198 valence electrons. The number of oxazole rings is 1. The SMILES string of the molecule is CN1C(=O)[C@@H](NC(=O)c2ncc(Cc3ccccc3)o2)Cc2cn(-c3cn(C)c4ccccc34)c3cccc1c23. The predicted molar refractivity (Wildman–Crippen MR) is 154 cm³/mol. The van der Waals surface area contributed by atoms with E-state index in [9.17, 15) is 9.59 Å². The van der Waals surface area contributed by atoms with Gasteiger partial charge in [0.1, 0.15) is 11.8 Å². The van der Waals surface area contributed by atoms with Gasteiger partial charge in [-0.25, -0.2) is 4.98 Å². The maximum Gasteiger partial charge on any atom is 0.307 e. The molecule has 0 saturated carbocycles. The van der Waals surface area contributed by atoms with Crippen LogP contribution in [0.25, 0.3) is 27.5 Å². The Hall–Kier alpha value is -5.11. The van der Waals surface area contributed by atoms with Crippen molar-refractivity contribution in [3.8, 4) is 5.69 Å². The first-order valence-corrected chi connectivity index (χ1v) is 13.2. The fraction of sp³-hybridized carbons (Fsp3) is 0.156. The molecule has 4 heterocycles. The summed E-state index contributed by atoms with van der Waals surface area (Å²) in [6, 6.07) is 23.3. The normalized spacial score (nSPS) is 15.1. The number of carbonyl (C=O) groups is 2. The van der Waals surface area contributed by atoms with Gasteiger partial charge in [0.25, 0.3) is 5.89 Å². The van der Waals surface area contributed by atoms with Gasteiger partial charge < -0.3 is 23.8 Å². The van der Waals surface area contributed by atoms with Gasteiger partial charge in [-0.1, -0.05) is 54.6 Å². The highest BCUT2D eigenvalue weighted by atomic mass is 16.4. The molecule has 7 rings (SSSR count). The van der Waals surface area contributed by atoms with Crippen molar-refractivity contribution in [3.63, 3.8) is 0 Å². The lowest BCUT2D eigenvalue weighted by Crippen LogP contribution is -2.48. The molecule has 40 heavy (non-hydrogen) atoms. The molecule has 0 unspecified atom stereocenters. The van der Waals surface area contributed by atoms with Gasteiger partial charge >= 0.3 is 5.91 Å². The van der Waals surface area contributed by atoms with E-state index in [-0.39, 0.29) is 11.8 Å². The summed E-state index contributed by atoms with van der Waals surface area (Å²) in [6.45, 7) is 0. The predicted octanol–water partition coefficient (Wildman–Crippen LogP) is 5.02. The summed E-state index contributed by atoms with van der Waals surface area (Å²) in [4.78, 5) is 32.6. The van der Waals surface area contributed by atoms with E-state index in [2.05, 4.69) is 50.0 Å². The average molecular weight is 530 g/mol. The first kappa shape index (κ1) is 24.0. The molecule has 6 aromatic rings. The summed E-state index contributed by atoms with van der Waals surface area (Å²) in [7, 11) is 3.79. The summed E-state index contributed by atoms with van der Waals surface area (Å²) in [6.07, 6.45) is 6.65. The van der Waals surface area contributed by atoms with Crippen LogP contribution in [0.1, 0.15) is 27.6 Å². The Kier molecular flexibility index (Phi) is 5.55. The second kappa shape index (κ2) is 9.27. The standard InChI is InChI=1S/C32H27N5O3/c1-35-19-28(23-11-6-7-12-25(23)35)37-18-21-16-24(32(39)36(2)26-13-8-14-27(37)29(21)26)34-30(38)31-33-17-22(40-31)15-20-9-4-3-5-10-20/h3-14,17-19,24H,15-16H2,1-2H3,(H,34,38)/t24-/m0/s1. The number of benzene rings is 3. The van der Waals surface area contributed by atoms with Gasteiger partial charge in [0.15, 0.2) is 0 Å². The van der Waals surface area contributed by atoms with E-state index in [0.717, 1.165) is 44.3 Å². The van der Waals surface area contributed by atoms with E-state index >= 15 is 0 Å². The molecule has 3 aromatic carbocycles. The number of aryl methyl sites for hydroxylation is 1. The molecule has 1 aliphatic rings. The van der Waals surface area contributed by atoms with Gasteiger partial charge in [0, 0.05) is 55.6 Å². The van der Waals surface area contributed by atoms with Crippen LogP contribution < -0.4 is 10.2 Å². The number of carbonyl (C=O) groups excluding carboxylic acids is 2. The molecular weight excluding hydrogens is 502 g/mol. The molecular formula is C32H27N5O3. The minimum absolute atomic E-state index is 0.0541. The Morgan fingerprint density at radius 2 is 1.73 bits per heavy atom. The van der Waals surface area contributed by atoms with Crippen LogP contribution in [0.15, 0.2) is 95.8 Å². The molecule has 0 fully saturated rings. The number of likely N-dealkylation sites (N-methyl/N-ethyl adjacent to an activating group) is 1. The zero-order valence-corrected chi connectivity index (χ0v) is 22.2. The van der Waals surface area contributed by atoms with Crippen molar-refractivity contribution in [3.05, 3.63) is 114 Å². The molecule has 0 spiro atoms. The first-order valence-electron chi connectivity index (χ1n) is 13.2. The van der Waals surface area contributed by atoms with E-state index in [1.165, 1.54) is 0 Å². The van der Waals surface area contributed by atoms with E-state index in [0.29, 0.717) is 18.6 Å². The van der Waals surface area contributed by atoms with E-state index in [4.69, 9.17) is 4.42 Å². The third-order valence-corrected chi connectivity index (χ3v) is 7.71. The number of fused-ring (bicyclic) bond motifs is 1. The minimum atomic E-state index is -0.777. The summed E-state index contributed by atoms with van der Waals surface area (Å²) < 4.78 is 10.1. The molecule has 0 saturated heterocycles. The molecule has 1 N–H and O–H groups in total. The second-order valence-corrected chi connectivity index (χ2v) is 10.3. The van der Waals surface area contributed by atoms with Crippen LogP contribution in [-0.2, 0) is 24.7 Å². The zero-order chi connectivity index (χ0) is 27.4. The van der Waals surface area contributed by atoms with Crippen molar-refractivity contribution in [2.45, 2.75) is 18.9 Å². The topological polar surface area (TPSA) is 85.3 Å². The molecule has 8 nitrogen and oxygen atoms in total. The van der Waals surface area contributed by atoms with Crippen molar-refractivity contribution < 1.29 is 14.0 Å². The van der Waals surface area contributed by atoms with Crippen LogP contribution in [0, 0.1) is 0 Å². The second-order valence-electron chi connectivity index (χ2n) is 10.3. The smallest absolute Gasteiger partial charge is 0.307 e. The molecule has 0 radical (unpaired) electrons. The number of nitrogens with zero attached hydrogens (tertiary/aromatic N) is 4. The summed E-state index contributed by atoms with van der Waals surface area (Å²) >= 11 is 0. The third-order valence-electron chi connectivity index (χ3n) is 7.71. The fourth-order valence-corrected chi connectivity index (χ4v) is 5.78. The average Bonchev–Trinajstić information content (AvgIpc) is 3.67. The van der Waals surface area contributed by atoms with Crippen LogP contribution in [-0.4, -0.2) is 39.0 Å². The van der Waals surface area contributed by atoms with Gasteiger partial charge in [-0.2, -0.15) is 0 Å². The van der Waals surface area contributed by atoms with Crippen LogP contribution in [0.5, 0.6) is 0 Å². The number of anilines is 1. The summed E-state index contributed by atoms with van der Waals surface area (Å²) in [5.74, 6) is -0.171. The lowest BCUT2D eigenvalue weighted by molar-refractivity contribution is -0.120. The Balaban J connectivity index is 1.22.